The summed E-state index contributed by atoms with van der Waals surface area (Å²) in [5.41, 5.74) is 9.24. The zero-order valence-corrected chi connectivity index (χ0v) is 23.2. The number of aromatic nitrogens is 3. The highest BCUT2D eigenvalue weighted by Crippen LogP contribution is 2.31. The molecule has 10 heteroatoms. The number of piperazine rings is 1. The molecule has 10 nitrogen and oxygen atoms in total. The van der Waals surface area contributed by atoms with Crippen molar-refractivity contribution in [1.29, 1.82) is 0 Å². The molecule has 0 aliphatic carbocycles. The van der Waals surface area contributed by atoms with Gasteiger partial charge >= 0.3 is 0 Å². The number of carbonyl (C=O) groups is 1. The fourth-order valence-corrected chi connectivity index (χ4v) is 4.63. The molecule has 1 fully saturated rings. The van der Waals surface area contributed by atoms with Gasteiger partial charge in [-0.3, -0.25) is 9.89 Å². The van der Waals surface area contributed by atoms with Crippen molar-refractivity contribution in [3.8, 4) is 22.6 Å². The first-order valence-corrected chi connectivity index (χ1v) is 13.5. The summed E-state index contributed by atoms with van der Waals surface area (Å²) in [5.74, 6) is 2.75. The van der Waals surface area contributed by atoms with Crippen LogP contribution in [0.3, 0.4) is 0 Å². The quantitative estimate of drug-likeness (QED) is 0.307. The molecule has 2 aliphatic heterocycles. The van der Waals surface area contributed by atoms with Gasteiger partial charge in [0.1, 0.15) is 19.0 Å². The van der Waals surface area contributed by atoms with E-state index in [1.807, 2.05) is 42.6 Å². The molecule has 6 rings (SSSR count). The van der Waals surface area contributed by atoms with Gasteiger partial charge in [0.2, 0.25) is 5.91 Å². The van der Waals surface area contributed by atoms with Gasteiger partial charge in [-0.05, 0) is 60.6 Å². The van der Waals surface area contributed by atoms with Gasteiger partial charge < -0.3 is 30.3 Å². The number of aromatic amines is 1. The Labute approximate surface area is 239 Å². The van der Waals surface area contributed by atoms with Crippen molar-refractivity contribution in [2.75, 3.05) is 56.7 Å². The lowest BCUT2D eigenvalue weighted by Gasteiger charge is -2.33. The van der Waals surface area contributed by atoms with Gasteiger partial charge in [0.15, 0.2) is 17.3 Å². The molecule has 0 radical (unpaired) electrons. The van der Waals surface area contributed by atoms with Gasteiger partial charge in [-0.25, -0.2) is 4.98 Å². The van der Waals surface area contributed by atoms with E-state index in [4.69, 9.17) is 20.2 Å². The molecule has 1 amide bonds. The molecular formula is C31H35N7O3. The van der Waals surface area contributed by atoms with Crippen molar-refractivity contribution in [2.24, 2.45) is 5.73 Å². The maximum atomic E-state index is 12.8. The third kappa shape index (κ3) is 6.85. The summed E-state index contributed by atoms with van der Waals surface area (Å²) in [6.07, 6.45) is 3.62. The number of fused-ring (bicyclic) bond motifs is 2. The number of nitrogens with two attached hydrogens (primary N) is 1. The minimum absolute atomic E-state index is 0.149. The molecule has 2 aromatic heterocycles. The Hall–Kier alpha value is -4.83. The van der Waals surface area contributed by atoms with Crippen LogP contribution in [-0.2, 0) is 11.2 Å². The van der Waals surface area contributed by atoms with E-state index >= 15 is 0 Å². The molecule has 0 atom stereocenters. The van der Waals surface area contributed by atoms with Crippen LogP contribution in [0.15, 0.2) is 79.7 Å². The molecular weight excluding hydrogens is 518 g/mol. The Bertz CT molecular complexity index is 1540. The lowest BCUT2D eigenvalue weighted by atomic mass is 10.1. The Morgan fingerprint density at radius 3 is 2.49 bits per heavy atom. The molecule has 4 N–H and O–H groups in total. The number of amides is 1. The fourth-order valence-electron chi connectivity index (χ4n) is 4.63. The summed E-state index contributed by atoms with van der Waals surface area (Å²) in [5, 5.41) is 11.1. The first-order chi connectivity index (χ1) is 19.9. The lowest BCUT2D eigenvalue weighted by molar-refractivity contribution is -0.115. The minimum Gasteiger partial charge on any atom is -0.486 e. The topological polar surface area (TPSA) is 122 Å². The summed E-state index contributed by atoms with van der Waals surface area (Å²) in [7, 11) is 2.15. The molecule has 0 unspecified atom stereocenters. The number of anilines is 2. The number of nitrogens with zero attached hydrogens (tertiary/aromatic N) is 4. The number of benzene rings is 2. The van der Waals surface area contributed by atoms with E-state index in [0.29, 0.717) is 36.2 Å². The van der Waals surface area contributed by atoms with Crippen LogP contribution in [0.2, 0.25) is 0 Å². The van der Waals surface area contributed by atoms with E-state index in [1.54, 1.807) is 0 Å². The lowest BCUT2D eigenvalue weighted by Crippen LogP contribution is -2.44. The van der Waals surface area contributed by atoms with Crippen molar-refractivity contribution >= 4 is 28.4 Å². The predicted molar refractivity (Wildman–Crippen MR) is 162 cm³/mol. The van der Waals surface area contributed by atoms with Crippen molar-refractivity contribution in [2.45, 2.75) is 6.42 Å². The fraction of sp³-hybridized carbons (Fsp3) is 0.258. The first kappa shape index (κ1) is 27.7. The summed E-state index contributed by atoms with van der Waals surface area (Å²) >= 11 is 0. The van der Waals surface area contributed by atoms with Crippen LogP contribution >= 0.6 is 0 Å². The average Bonchev–Trinajstić information content (AvgIpc) is 3.39. The smallest absolute Gasteiger partial charge is 0.230 e. The number of H-pyrrole nitrogens is 1. The van der Waals surface area contributed by atoms with Gasteiger partial charge in [0.25, 0.3) is 0 Å². The Balaban J connectivity index is 0.000000623. The number of rotatable bonds is 6. The molecule has 2 aliphatic rings. The van der Waals surface area contributed by atoms with Crippen LogP contribution in [0, 0.1) is 0 Å². The highest BCUT2D eigenvalue weighted by atomic mass is 16.6. The molecule has 0 saturated carbocycles. The third-order valence-corrected chi connectivity index (χ3v) is 6.96. The predicted octanol–water partition coefficient (Wildman–Crippen LogP) is 3.97. The van der Waals surface area contributed by atoms with Crippen molar-refractivity contribution < 1.29 is 14.3 Å². The normalized spacial score (nSPS) is 14.6. The van der Waals surface area contributed by atoms with Crippen LogP contribution < -0.4 is 25.4 Å². The van der Waals surface area contributed by atoms with Gasteiger partial charge in [0.05, 0.1) is 11.9 Å². The van der Waals surface area contributed by atoms with Crippen LogP contribution in [-0.4, -0.2) is 72.4 Å². The summed E-state index contributed by atoms with van der Waals surface area (Å²) in [6.45, 7) is 11.8. The standard InChI is InChI=1S/C27H28N6O3.C4H7N/c1-32-8-10-33(11-9-32)25-7-4-20(17-28-25)19-3-5-22-21(16-19)27(31-30-22)29-26(34)15-18-2-6-23-24(14-18)36-13-12-35-23;1-3-4(2)5/h2-7,14,16-17H,8-13,15H2,1H3,(H2,29,30,31,34);3H,1-2,5H2. The van der Waals surface area contributed by atoms with E-state index in [2.05, 4.69) is 57.7 Å². The maximum Gasteiger partial charge on any atom is 0.230 e. The van der Waals surface area contributed by atoms with E-state index in [1.165, 1.54) is 6.08 Å². The largest absolute Gasteiger partial charge is 0.486 e. The molecule has 41 heavy (non-hydrogen) atoms. The van der Waals surface area contributed by atoms with E-state index < -0.39 is 0 Å². The molecule has 2 aromatic carbocycles. The van der Waals surface area contributed by atoms with Crippen LogP contribution in [0.4, 0.5) is 11.6 Å². The third-order valence-electron chi connectivity index (χ3n) is 6.96. The van der Waals surface area contributed by atoms with Crippen molar-refractivity contribution in [1.82, 2.24) is 20.1 Å². The maximum absolute atomic E-state index is 12.8. The van der Waals surface area contributed by atoms with Gasteiger partial charge in [-0.1, -0.05) is 25.3 Å². The van der Waals surface area contributed by atoms with Gasteiger partial charge in [-0.2, -0.15) is 5.10 Å². The minimum atomic E-state index is -0.149. The number of pyridine rings is 1. The van der Waals surface area contributed by atoms with Crippen molar-refractivity contribution in [3.63, 3.8) is 0 Å². The number of nitrogens with one attached hydrogen (secondary N) is 2. The van der Waals surface area contributed by atoms with Crippen LogP contribution in [0.5, 0.6) is 11.5 Å². The number of allylic oxidation sites excluding steroid dienone is 1. The highest BCUT2D eigenvalue weighted by Gasteiger charge is 2.17. The second kappa shape index (κ2) is 12.6. The number of hydrogen-bond acceptors (Lipinski definition) is 8. The highest BCUT2D eigenvalue weighted by molar-refractivity contribution is 6.01. The summed E-state index contributed by atoms with van der Waals surface area (Å²) in [6, 6.07) is 15.8. The Kier molecular flexibility index (Phi) is 8.50. The van der Waals surface area contributed by atoms with E-state index in [9.17, 15) is 4.79 Å². The van der Waals surface area contributed by atoms with Crippen LogP contribution in [0.1, 0.15) is 5.56 Å². The molecule has 212 valence electrons. The Morgan fingerprint density at radius 2 is 1.78 bits per heavy atom. The average molecular weight is 554 g/mol. The van der Waals surface area contributed by atoms with E-state index in [-0.39, 0.29) is 12.3 Å². The van der Waals surface area contributed by atoms with Crippen LogP contribution in [0.25, 0.3) is 22.0 Å². The van der Waals surface area contributed by atoms with Crippen molar-refractivity contribution in [3.05, 3.63) is 85.2 Å². The zero-order chi connectivity index (χ0) is 28.8. The summed E-state index contributed by atoms with van der Waals surface area (Å²) < 4.78 is 11.2. The molecule has 0 bridgehead atoms. The number of ether oxygens (including phenoxy) is 2. The number of likely N-dealkylation sites (N-methyl/N-ethyl adjacent to an activating group) is 1. The monoisotopic (exact) mass is 553 g/mol. The summed E-state index contributed by atoms with van der Waals surface area (Å²) in [4.78, 5) is 22.2. The second-order valence-electron chi connectivity index (χ2n) is 10.0. The van der Waals surface area contributed by atoms with Gasteiger partial charge in [-0.15, -0.1) is 0 Å². The van der Waals surface area contributed by atoms with E-state index in [0.717, 1.165) is 59.6 Å². The Morgan fingerprint density at radius 1 is 1.05 bits per heavy atom. The number of carbonyl (C=O) groups excluding carboxylic acids is 1. The molecule has 1 saturated heterocycles. The number of hydrogen-bond donors (Lipinski definition) is 3. The molecule has 0 spiro atoms. The van der Waals surface area contributed by atoms with Gasteiger partial charge in [0, 0.05) is 49.0 Å². The molecule has 4 heterocycles. The molecule has 4 aromatic rings. The zero-order valence-electron chi connectivity index (χ0n) is 23.2. The second-order valence-corrected chi connectivity index (χ2v) is 10.0. The first-order valence-electron chi connectivity index (χ1n) is 13.5. The SMILES string of the molecule is C=CC(=C)N.CN1CCN(c2ccc(-c3ccc4[nH]nc(NC(=O)Cc5ccc6c(c5)OCCO6)c4c3)cn2)CC1.